The van der Waals surface area contributed by atoms with E-state index in [1.165, 1.54) is 19.3 Å². The zero-order chi connectivity index (χ0) is 12.0. The van der Waals surface area contributed by atoms with E-state index in [0.29, 0.717) is 11.1 Å². The van der Waals surface area contributed by atoms with Crippen LogP contribution in [0.1, 0.15) is 26.2 Å². The van der Waals surface area contributed by atoms with Gasteiger partial charge in [-0.05, 0) is 18.0 Å². The molecule has 0 bridgehead atoms. The largest absolute Gasteiger partial charge is 0.347 e. The van der Waals surface area contributed by atoms with E-state index < -0.39 is 0 Å². The molecule has 1 aromatic rings. The summed E-state index contributed by atoms with van der Waals surface area (Å²) in [7, 11) is 3.77. The van der Waals surface area contributed by atoms with Crippen molar-refractivity contribution in [3.8, 4) is 0 Å². The van der Waals surface area contributed by atoms with E-state index in [1.807, 2.05) is 19.0 Å². The molecule has 16 heavy (non-hydrogen) atoms. The first-order valence-corrected chi connectivity index (χ1v) is 6.71. The smallest absolute Gasteiger partial charge is 0.230 e. The summed E-state index contributed by atoms with van der Waals surface area (Å²) in [4.78, 5) is 14.3. The molecule has 90 valence electrons. The summed E-state index contributed by atoms with van der Waals surface area (Å²) in [5, 5.41) is 0.969. The summed E-state index contributed by atoms with van der Waals surface area (Å²) in [6, 6.07) is 0. The van der Waals surface area contributed by atoms with Crippen molar-refractivity contribution in [3.63, 3.8) is 0 Å². The number of aromatic nitrogens is 3. The Morgan fingerprint density at radius 1 is 1.19 bits per heavy atom. The van der Waals surface area contributed by atoms with Crippen molar-refractivity contribution in [3.05, 3.63) is 5.28 Å². The lowest BCUT2D eigenvalue weighted by atomic mass is 10.3. The minimum atomic E-state index is 0.261. The second-order valence-corrected chi connectivity index (χ2v) is 5.04. The molecule has 0 N–H and O–H groups in total. The SMILES string of the molecule is CCCCCSc1nc(Cl)nc(N(C)C)n1. The number of thioether (sulfide) groups is 1. The lowest BCUT2D eigenvalue weighted by Gasteiger charge is -2.10. The van der Waals surface area contributed by atoms with Crippen LogP contribution in [0, 0.1) is 0 Å². The molecule has 1 rings (SSSR count). The molecule has 0 radical (unpaired) electrons. The summed E-state index contributed by atoms with van der Waals surface area (Å²) < 4.78 is 0. The number of nitrogens with zero attached hydrogens (tertiary/aromatic N) is 4. The maximum Gasteiger partial charge on any atom is 0.230 e. The van der Waals surface area contributed by atoms with Crippen LogP contribution in [-0.2, 0) is 0 Å². The van der Waals surface area contributed by atoms with Crippen LogP contribution >= 0.6 is 23.4 Å². The molecule has 0 aliphatic carbocycles. The number of halogens is 1. The van der Waals surface area contributed by atoms with Crippen LogP contribution in [0.5, 0.6) is 0 Å². The topological polar surface area (TPSA) is 41.9 Å². The van der Waals surface area contributed by atoms with Gasteiger partial charge in [0.05, 0.1) is 0 Å². The summed E-state index contributed by atoms with van der Waals surface area (Å²) in [5.41, 5.74) is 0. The Morgan fingerprint density at radius 3 is 2.56 bits per heavy atom. The van der Waals surface area contributed by atoms with Gasteiger partial charge in [0.1, 0.15) is 0 Å². The maximum absolute atomic E-state index is 5.83. The number of unbranched alkanes of at least 4 members (excludes halogenated alkanes) is 2. The average Bonchev–Trinajstić information content (AvgIpc) is 2.23. The highest BCUT2D eigenvalue weighted by Gasteiger charge is 2.06. The summed E-state index contributed by atoms with van der Waals surface area (Å²) in [6.07, 6.45) is 3.65. The fourth-order valence-corrected chi connectivity index (χ4v) is 2.14. The van der Waals surface area contributed by atoms with E-state index in [9.17, 15) is 0 Å². The molecular weight excluding hydrogens is 244 g/mol. The zero-order valence-electron chi connectivity index (χ0n) is 9.90. The molecule has 0 aromatic carbocycles. The van der Waals surface area contributed by atoms with Gasteiger partial charge in [-0.2, -0.15) is 15.0 Å². The van der Waals surface area contributed by atoms with Crippen molar-refractivity contribution in [1.82, 2.24) is 15.0 Å². The van der Waals surface area contributed by atoms with Gasteiger partial charge in [-0.25, -0.2) is 0 Å². The minimum Gasteiger partial charge on any atom is -0.347 e. The Labute approximate surface area is 106 Å². The number of hydrogen-bond donors (Lipinski definition) is 0. The first-order valence-electron chi connectivity index (χ1n) is 5.35. The van der Waals surface area contributed by atoms with Gasteiger partial charge >= 0.3 is 0 Å². The van der Waals surface area contributed by atoms with Crippen LogP contribution in [0.2, 0.25) is 5.28 Å². The quantitative estimate of drug-likeness (QED) is 0.581. The third-order valence-electron chi connectivity index (χ3n) is 1.95. The highest BCUT2D eigenvalue weighted by atomic mass is 35.5. The van der Waals surface area contributed by atoms with E-state index in [4.69, 9.17) is 11.6 Å². The van der Waals surface area contributed by atoms with E-state index in [2.05, 4.69) is 21.9 Å². The van der Waals surface area contributed by atoms with Crippen LogP contribution in [0.25, 0.3) is 0 Å². The molecule has 0 amide bonds. The molecule has 1 heterocycles. The Kier molecular flexibility index (Phi) is 5.84. The maximum atomic E-state index is 5.83. The second kappa shape index (κ2) is 6.91. The first kappa shape index (κ1) is 13.5. The molecule has 0 atom stereocenters. The van der Waals surface area contributed by atoms with Gasteiger partial charge in [-0.3, -0.25) is 0 Å². The normalized spacial score (nSPS) is 10.5. The van der Waals surface area contributed by atoms with Crippen molar-refractivity contribution in [2.24, 2.45) is 0 Å². The van der Waals surface area contributed by atoms with Gasteiger partial charge in [0.15, 0.2) is 5.16 Å². The number of anilines is 1. The van der Waals surface area contributed by atoms with Gasteiger partial charge in [0.25, 0.3) is 0 Å². The van der Waals surface area contributed by atoms with E-state index in [-0.39, 0.29) is 5.28 Å². The Morgan fingerprint density at radius 2 is 1.94 bits per heavy atom. The van der Waals surface area contributed by atoms with E-state index >= 15 is 0 Å². The standard InChI is InChI=1S/C10H17ClN4S/c1-4-5-6-7-16-10-13-8(11)12-9(14-10)15(2)3/h4-7H2,1-3H3. The first-order chi connectivity index (χ1) is 7.63. The molecule has 6 heteroatoms. The third-order valence-corrected chi connectivity index (χ3v) is 3.06. The molecule has 0 aliphatic rings. The van der Waals surface area contributed by atoms with E-state index in [1.54, 1.807) is 11.8 Å². The van der Waals surface area contributed by atoms with Crippen LogP contribution in [-0.4, -0.2) is 34.8 Å². The zero-order valence-corrected chi connectivity index (χ0v) is 11.5. The fourth-order valence-electron chi connectivity index (χ4n) is 1.10. The van der Waals surface area contributed by atoms with Gasteiger partial charge in [0, 0.05) is 19.8 Å². The molecule has 0 saturated carbocycles. The van der Waals surface area contributed by atoms with Crippen LogP contribution in [0.15, 0.2) is 5.16 Å². The lowest BCUT2D eigenvalue weighted by molar-refractivity contribution is 0.776. The van der Waals surface area contributed by atoms with Crippen LogP contribution in [0.4, 0.5) is 5.95 Å². The van der Waals surface area contributed by atoms with Crippen LogP contribution < -0.4 is 4.90 Å². The van der Waals surface area contributed by atoms with Crippen molar-refractivity contribution < 1.29 is 0 Å². The van der Waals surface area contributed by atoms with Crippen LogP contribution in [0.3, 0.4) is 0 Å². The molecule has 0 saturated heterocycles. The molecule has 0 spiro atoms. The highest BCUT2D eigenvalue weighted by Crippen LogP contribution is 2.19. The van der Waals surface area contributed by atoms with Gasteiger partial charge < -0.3 is 4.90 Å². The molecular formula is C10H17ClN4S. The number of hydrogen-bond acceptors (Lipinski definition) is 5. The average molecular weight is 261 g/mol. The molecule has 0 unspecified atom stereocenters. The molecule has 4 nitrogen and oxygen atoms in total. The summed E-state index contributed by atoms with van der Waals surface area (Å²) in [5.74, 6) is 1.64. The Hall–Kier alpha value is -0.550. The highest BCUT2D eigenvalue weighted by molar-refractivity contribution is 7.99. The summed E-state index contributed by atoms with van der Waals surface area (Å²) >= 11 is 7.46. The monoisotopic (exact) mass is 260 g/mol. The van der Waals surface area contributed by atoms with Gasteiger partial charge in [0.2, 0.25) is 11.2 Å². The minimum absolute atomic E-state index is 0.261. The second-order valence-electron chi connectivity index (χ2n) is 3.64. The van der Waals surface area contributed by atoms with Gasteiger partial charge in [-0.1, -0.05) is 31.5 Å². The Balaban J connectivity index is 2.58. The molecule has 0 fully saturated rings. The predicted octanol–water partition coefficient (Wildman–Crippen LogP) is 2.87. The fraction of sp³-hybridized carbons (Fsp3) is 0.700. The number of rotatable bonds is 6. The van der Waals surface area contributed by atoms with Crippen molar-refractivity contribution in [2.75, 3.05) is 24.7 Å². The predicted molar refractivity (Wildman–Crippen MR) is 69.4 cm³/mol. The van der Waals surface area contributed by atoms with Crippen molar-refractivity contribution in [2.45, 2.75) is 31.3 Å². The van der Waals surface area contributed by atoms with E-state index in [0.717, 1.165) is 5.75 Å². The van der Waals surface area contributed by atoms with Crippen molar-refractivity contribution in [1.29, 1.82) is 0 Å². The lowest BCUT2D eigenvalue weighted by Crippen LogP contribution is -2.13. The Bertz CT molecular complexity index is 333. The summed E-state index contributed by atoms with van der Waals surface area (Å²) in [6.45, 7) is 2.19. The van der Waals surface area contributed by atoms with Gasteiger partial charge in [-0.15, -0.1) is 0 Å². The molecule has 0 aliphatic heterocycles. The third kappa shape index (κ3) is 4.53. The van der Waals surface area contributed by atoms with Crippen molar-refractivity contribution >= 4 is 29.3 Å². The molecule has 1 aromatic heterocycles.